The first kappa shape index (κ1) is 8.74. The molecule has 0 atom stereocenters. The predicted molar refractivity (Wildman–Crippen MR) is 51.4 cm³/mol. The molecule has 6 heteroatoms. The minimum Gasteiger partial charge on any atom is -0.381 e. The first-order valence-corrected chi connectivity index (χ1v) is 4.45. The highest BCUT2D eigenvalue weighted by atomic mass is 15.4. The van der Waals surface area contributed by atoms with E-state index < -0.39 is 0 Å². The lowest BCUT2D eigenvalue weighted by atomic mass is 10.5. The summed E-state index contributed by atoms with van der Waals surface area (Å²) in [5.41, 5.74) is 5.46. The summed E-state index contributed by atoms with van der Waals surface area (Å²) in [4.78, 5) is 4.23. The number of rotatable bonds is 3. The monoisotopic (exact) mass is 192 g/mol. The van der Waals surface area contributed by atoms with E-state index in [2.05, 4.69) is 26.8 Å². The van der Waals surface area contributed by atoms with E-state index >= 15 is 0 Å². The predicted octanol–water partition coefficient (Wildman–Crippen LogP) is 0.125. The van der Waals surface area contributed by atoms with Gasteiger partial charge in [0.2, 0.25) is 0 Å². The smallest absolute Gasteiger partial charge is 0.165 e. The largest absolute Gasteiger partial charge is 0.381 e. The second-order valence-corrected chi connectivity index (χ2v) is 2.97. The SMILES string of the molecule is CCn1ccnc1Cn1cc(N)nn1. The lowest BCUT2D eigenvalue weighted by molar-refractivity contribution is 0.588. The van der Waals surface area contributed by atoms with E-state index in [1.165, 1.54) is 0 Å². The van der Waals surface area contributed by atoms with Gasteiger partial charge in [-0.1, -0.05) is 5.21 Å². The number of nitrogens with zero attached hydrogens (tertiary/aromatic N) is 5. The van der Waals surface area contributed by atoms with Gasteiger partial charge < -0.3 is 10.3 Å². The summed E-state index contributed by atoms with van der Waals surface area (Å²) in [6.07, 6.45) is 5.41. The van der Waals surface area contributed by atoms with Crippen LogP contribution < -0.4 is 5.73 Å². The topological polar surface area (TPSA) is 74.5 Å². The van der Waals surface area contributed by atoms with Gasteiger partial charge in [-0.05, 0) is 6.92 Å². The Morgan fingerprint density at radius 1 is 1.50 bits per heavy atom. The van der Waals surface area contributed by atoms with Gasteiger partial charge in [-0.3, -0.25) is 0 Å². The number of aryl methyl sites for hydroxylation is 1. The van der Waals surface area contributed by atoms with Gasteiger partial charge in [0.15, 0.2) is 5.82 Å². The zero-order valence-electron chi connectivity index (χ0n) is 7.96. The number of aromatic nitrogens is 5. The van der Waals surface area contributed by atoms with Crippen molar-refractivity contribution >= 4 is 5.82 Å². The molecule has 0 aliphatic rings. The zero-order chi connectivity index (χ0) is 9.97. The molecular formula is C8H12N6. The van der Waals surface area contributed by atoms with Crippen molar-refractivity contribution in [1.82, 2.24) is 24.5 Å². The molecule has 0 unspecified atom stereocenters. The normalized spacial score (nSPS) is 10.6. The van der Waals surface area contributed by atoms with Crippen LogP contribution in [0, 0.1) is 0 Å². The summed E-state index contributed by atoms with van der Waals surface area (Å²) in [6, 6.07) is 0. The highest BCUT2D eigenvalue weighted by Gasteiger charge is 2.03. The van der Waals surface area contributed by atoms with E-state index in [-0.39, 0.29) is 0 Å². The van der Waals surface area contributed by atoms with Crippen LogP contribution in [-0.2, 0) is 13.1 Å². The number of hydrogen-bond acceptors (Lipinski definition) is 4. The molecular weight excluding hydrogens is 180 g/mol. The van der Waals surface area contributed by atoms with Crippen LogP contribution >= 0.6 is 0 Å². The molecule has 0 fully saturated rings. The first-order chi connectivity index (χ1) is 6.79. The van der Waals surface area contributed by atoms with E-state index in [1.807, 2.05) is 6.20 Å². The number of hydrogen-bond donors (Lipinski definition) is 1. The Balaban J connectivity index is 2.18. The third-order valence-corrected chi connectivity index (χ3v) is 2.00. The van der Waals surface area contributed by atoms with Gasteiger partial charge in [-0.2, -0.15) is 0 Å². The Hall–Kier alpha value is -1.85. The van der Waals surface area contributed by atoms with Crippen molar-refractivity contribution in [3.63, 3.8) is 0 Å². The fourth-order valence-corrected chi connectivity index (χ4v) is 1.32. The quantitative estimate of drug-likeness (QED) is 0.749. The molecule has 14 heavy (non-hydrogen) atoms. The molecule has 0 bridgehead atoms. The number of imidazole rings is 1. The van der Waals surface area contributed by atoms with Gasteiger partial charge in [0.25, 0.3) is 0 Å². The van der Waals surface area contributed by atoms with Gasteiger partial charge in [-0.25, -0.2) is 9.67 Å². The molecule has 74 valence electrons. The third kappa shape index (κ3) is 1.59. The molecule has 6 nitrogen and oxygen atoms in total. The number of nitrogen functional groups attached to an aromatic ring is 1. The van der Waals surface area contributed by atoms with Crippen LogP contribution in [0.15, 0.2) is 18.6 Å². The van der Waals surface area contributed by atoms with Crippen LogP contribution in [0.3, 0.4) is 0 Å². The molecule has 2 rings (SSSR count). The van der Waals surface area contributed by atoms with Gasteiger partial charge in [0.05, 0.1) is 6.20 Å². The third-order valence-electron chi connectivity index (χ3n) is 2.00. The molecule has 2 N–H and O–H groups in total. The van der Waals surface area contributed by atoms with E-state index in [0.717, 1.165) is 12.4 Å². The van der Waals surface area contributed by atoms with Crippen molar-refractivity contribution in [2.24, 2.45) is 0 Å². The van der Waals surface area contributed by atoms with Gasteiger partial charge in [-0.15, -0.1) is 5.10 Å². The summed E-state index contributed by atoms with van der Waals surface area (Å²) < 4.78 is 3.72. The van der Waals surface area contributed by atoms with Crippen molar-refractivity contribution in [3.05, 3.63) is 24.4 Å². The molecule has 0 aromatic carbocycles. The highest BCUT2D eigenvalue weighted by Crippen LogP contribution is 2.01. The van der Waals surface area contributed by atoms with Crippen LogP contribution in [0.2, 0.25) is 0 Å². The molecule has 2 heterocycles. The Bertz CT molecular complexity index is 415. The molecule has 0 saturated carbocycles. The van der Waals surface area contributed by atoms with E-state index in [9.17, 15) is 0 Å². The molecule has 0 amide bonds. The fraction of sp³-hybridized carbons (Fsp3) is 0.375. The van der Waals surface area contributed by atoms with Crippen LogP contribution in [0.4, 0.5) is 5.82 Å². The molecule has 0 saturated heterocycles. The maximum Gasteiger partial charge on any atom is 0.165 e. The summed E-state index contributed by atoms with van der Waals surface area (Å²) >= 11 is 0. The summed E-state index contributed by atoms with van der Waals surface area (Å²) in [6.45, 7) is 3.57. The summed E-state index contributed by atoms with van der Waals surface area (Å²) in [7, 11) is 0. The van der Waals surface area contributed by atoms with Crippen LogP contribution in [0.1, 0.15) is 12.7 Å². The van der Waals surface area contributed by atoms with Crippen molar-refractivity contribution in [2.45, 2.75) is 20.0 Å². The molecule has 0 spiro atoms. The Morgan fingerprint density at radius 3 is 3.00 bits per heavy atom. The Morgan fingerprint density at radius 2 is 2.36 bits per heavy atom. The lowest BCUT2D eigenvalue weighted by Gasteiger charge is -2.03. The fourth-order valence-electron chi connectivity index (χ4n) is 1.32. The van der Waals surface area contributed by atoms with Crippen molar-refractivity contribution in [1.29, 1.82) is 0 Å². The summed E-state index contributed by atoms with van der Waals surface area (Å²) in [5, 5.41) is 7.56. The van der Waals surface area contributed by atoms with E-state index in [4.69, 9.17) is 5.73 Å². The molecule has 2 aromatic heterocycles. The molecule has 0 aliphatic carbocycles. The second kappa shape index (κ2) is 3.49. The van der Waals surface area contributed by atoms with Gasteiger partial charge in [0.1, 0.15) is 12.4 Å². The minimum atomic E-state index is 0.430. The average Bonchev–Trinajstić information content (AvgIpc) is 2.76. The first-order valence-electron chi connectivity index (χ1n) is 4.45. The Kier molecular flexibility index (Phi) is 2.18. The number of nitrogens with two attached hydrogens (primary N) is 1. The standard InChI is InChI=1S/C8H12N6/c1-2-13-4-3-10-8(13)6-14-5-7(9)11-12-14/h3-5H,2,6,9H2,1H3. The summed E-state index contributed by atoms with van der Waals surface area (Å²) in [5.74, 6) is 1.39. The number of anilines is 1. The maximum atomic E-state index is 5.46. The minimum absolute atomic E-state index is 0.430. The molecule has 2 aromatic rings. The maximum absolute atomic E-state index is 5.46. The lowest BCUT2D eigenvalue weighted by Crippen LogP contribution is -2.08. The zero-order valence-corrected chi connectivity index (χ0v) is 7.96. The highest BCUT2D eigenvalue weighted by molar-refractivity contribution is 5.20. The van der Waals surface area contributed by atoms with Crippen molar-refractivity contribution < 1.29 is 0 Å². The van der Waals surface area contributed by atoms with E-state index in [1.54, 1.807) is 17.1 Å². The molecule has 0 aliphatic heterocycles. The molecule has 0 radical (unpaired) electrons. The van der Waals surface area contributed by atoms with Crippen molar-refractivity contribution in [3.8, 4) is 0 Å². The van der Waals surface area contributed by atoms with Crippen LogP contribution in [0.25, 0.3) is 0 Å². The average molecular weight is 192 g/mol. The van der Waals surface area contributed by atoms with Crippen LogP contribution in [-0.4, -0.2) is 24.5 Å². The van der Waals surface area contributed by atoms with Crippen molar-refractivity contribution in [2.75, 3.05) is 5.73 Å². The van der Waals surface area contributed by atoms with Crippen LogP contribution in [0.5, 0.6) is 0 Å². The Labute approximate surface area is 81.4 Å². The van der Waals surface area contributed by atoms with Gasteiger partial charge >= 0.3 is 0 Å². The van der Waals surface area contributed by atoms with Gasteiger partial charge in [0, 0.05) is 18.9 Å². The van der Waals surface area contributed by atoms with E-state index in [0.29, 0.717) is 12.4 Å². The second-order valence-electron chi connectivity index (χ2n) is 2.97.